The maximum absolute atomic E-state index is 3.58. The Hall–Kier alpha value is -0.820. The Kier molecular flexibility index (Phi) is 5.54. The molecule has 0 aliphatic carbocycles. The summed E-state index contributed by atoms with van der Waals surface area (Å²) in [5, 5.41) is 3.58. The summed E-state index contributed by atoms with van der Waals surface area (Å²) < 4.78 is 0. The summed E-state index contributed by atoms with van der Waals surface area (Å²) in [6.07, 6.45) is 2.58. The van der Waals surface area contributed by atoms with E-state index in [2.05, 4.69) is 57.3 Å². The van der Waals surface area contributed by atoms with Crippen LogP contribution in [0.25, 0.3) is 0 Å². The Bertz CT molecular complexity index is 304. The Labute approximate surface area is 100 Å². The van der Waals surface area contributed by atoms with E-state index in [1.54, 1.807) is 0 Å². The van der Waals surface area contributed by atoms with Crippen molar-refractivity contribution in [2.24, 2.45) is 5.92 Å². The van der Waals surface area contributed by atoms with E-state index in [0.29, 0.717) is 6.04 Å². The molecule has 0 aliphatic rings. The van der Waals surface area contributed by atoms with Crippen molar-refractivity contribution < 1.29 is 0 Å². The normalized spacial score (nSPS) is 13.1. The quantitative estimate of drug-likeness (QED) is 0.711. The van der Waals surface area contributed by atoms with Crippen molar-refractivity contribution in [3.05, 3.63) is 35.4 Å². The second-order valence-electron chi connectivity index (χ2n) is 5.13. The van der Waals surface area contributed by atoms with Crippen LogP contribution in [0.4, 0.5) is 0 Å². The molecule has 0 amide bonds. The molecule has 0 heterocycles. The molecule has 1 atom stereocenters. The van der Waals surface area contributed by atoms with Gasteiger partial charge in [-0.15, -0.1) is 0 Å². The summed E-state index contributed by atoms with van der Waals surface area (Å²) in [7, 11) is 0. The zero-order valence-electron chi connectivity index (χ0n) is 11.1. The molecular formula is C15H25N. The first-order valence-electron chi connectivity index (χ1n) is 6.39. The lowest BCUT2D eigenvalue weighted by molar-refractivity contribution is 0.497. The SMILES string of the molecule is Cc1cccc(C(C)NCCCC(C)C)c1. The molecule has 0 saturated heterocycles. The summed E-state index contributed by atoms with van der Waals surface area (Å²) in [6, 6.07) is 9.21. The van der Waals surface area contributed by atoms with Crippen LogP contribution in [-0.4, -0.2) is 6.54 Å². The zero-order valence-corrected chi connectivity index (χ0v) is 11.1. The van der Waals surface area contributed by atoms with Crippen molar-refractivity contribution in [2.75, 3.05) is 6.54 Å². The molecule has 0 spiro atoms. The number of rotatable bonds is 6. The number of nitrogens with one attached hydrogen (secondary N) is 1. The van der Waals surface area contributed by atoms with Crippen molar-refractivity contribution in [3.8, 4) is 0 Å². The molecule has 1 rings (SSSR count). The van der Waals surface area contributed by atoms with Gasteiger partial charge in [0.25, 0.3) is 0 Å². The molecule has 1 aromatic carbocycles. The maximum Gasteiger partial charge on any atom is 0.0291 e. The topological polar surface area (TPSA) is 12.0 Å². The van der Waals surface area contributed by atoms with Crippen molar-refractivity contribution in [1.29, 1.82) is 0 Å². The first-order chi connectivity index (χ1) is 7.59. The van der Waals surface area contributed by atoms with Gasteiger partial charge in [-0.2, -0.15) is 0 Å². The lowest BCUT2D eigenvalue weighted by atomic mass is 10.0. The first-order valence-corrected chi connectivity index (χ1v) is 6.39. The molecule has 1 unspecified atom stereocenters. The van der Waals surface area contributed by atoms with Gasteiger partial charge >= 0.3 is 0 Å². The van der Waals surface area contributed by atoms with Crippen molar-refractivity contribution >= 4 is 0 Å². The van der Waals surface area contributed by atoms with Gasteiger partial charge in [0.05, 0.1) is 0 Å². The van der Waals surface area contributed by atoms with Crippen molar-refractivity contribution in [1.82, 2.24) is 5.32 Å². The van der Waals surface area contributed by atoms with Crippen molar-refractivity contribution in [3.63, 3.8) is 0 Å². The van der Waals surface area contributed by atoms with Crippen LogP contribution in [0.1, 0.15) is 50.8 Å². The summed E-state index contributed by atoms with van der Waals surface area (Å²) in [4.78, 5) is 0. The van der Waals surface area contributed by atoms with E-state index in [0.717, 1.165) is 12.5 Å². The Morgan fingerprint density at radius 1 is 1.19 bits per heavy atom. The van der Waals surface area contributed by atoms with Gasteiger partial charge in [0.1, 0.15) is 0 Å². The van der Waals surface area contributed by atoms with E-state index in [1.807, 2.05) is 0 Å². The van der Waals surface area contributed by atoms with Gasteiger partial charge in [0.2, 0.25) is 0 Å². The molecule has 0 radical (unpaired) electrons. The van der Waals surface area contributed by atoms with E-state index in [4.69, 9.17) is 0 Å². The fourth-order valence-electron chi connectivity index (χ4n) is 1.89. The highest BCUT2D eigenvalue weighted by Gasteiger charge is 2.04. The van der Waals surface area contributed by atoms with Crippen LogP contribution in [-0.2, 0) is 0 Å². The molecular weight excluding hydrogens is 194 g/mol. The number of aryl methyl sites for hydroxylation is 1. The van der Waals surface area contributed by atoms with Gasteiger partial charge in [-0.25, -0.2) is 0 Å². The number of hydrogen-bond acceptors (Lipinski definition) is 1. The van der Waals surface area contributed by atoms with Gasteiger partial charge in [0.15, 0.2) is 0 Å². The number of hydrogen-bond donors (Lipinski definition) is 1. The van der Waals surface area contributed by atoms with E-state index < -0.39 is 0 Å². The second kappa shape index (κ2) is 6.70. The van der Waals surface area contributed by atoms with Crippen LogP contribution in [0.15, 0.2) is 24.3 Å². The molecule has 0 bridgehead atoms. The molecule has 0 fully saturated rings. The van der Waals surface area contributed by atoms with E-state index in [-0.39, 0.29) is 0 Å². The van der Waals surface area contributed by atoms with E-state index in [1.165, 1.54) is 24.0 Å². The molecule has 0 saturated carbocycles. The van der Waals surface area contributed by atoms with Gasteiger partial charge in [-0.1, -0.05) is 43.7 Å². The van der Waals surface area contributed by atoms with Crippen LogP contribution in [0.2, 0.25) is 0 Å². The molecule has 1 heteroatoms. The highest BCUT2D eigenvalue weighted by molar-refractivity contribution is 5.24. The number of benzene rings is 1. The Balaban J connectivity index is 2.32. The standard InChI is InChI=1S/C15H25N/c1-12(2)7-6-10-16-14(4)15-9-5-8-13(3)11-15/h5,8-9,11-12,14,16H,6-7,10H2,1-4H3. The second-order valence-corrected chi connectivity index (χ2v) is 5.13. The van der Waals surface area contributed by atoms with Crippen LogP contribution >= 0.6 is 0 Å². The third kappa shape index (κ3) is 4.80. The fourth-order valence-corrected chi connectivity index (χ4v) is 1.89. The first kappa shape index (κ1) is 13.2. The average molecular weight is 219 g/mol. The highest BCUT2D eigenvalue weighted by Crippen LogP contribution is 2.13. The molecule has 0 aliphatic heterocycles. The summed E-state index contributed by atoms with van der Waals surface area (Å²) >= 11 is 0. The van der Waals surface area contributed by atoms with Crippen LogP contribution in [0, 0.1) is 12.8 Å². The predicted molar refractivity (Wildman–Crippen MR) is 71.7 cm³/mol. The molecule has 16 heavy (non-hydrogen) atoms. The van der Waals surface area contributed by atoms with Crippen LogP contribution in [0.3, 0.4) is 0 Å². The summed E-state index contributed by atoms with van der Waals surface area (Å²) in [5.74, 6) is 0.816. The molecule has 1 nitrogen and oxygen atoms in total. The molecule has 90 valence electrons. The summed E-state index contributed by atoms with van der Waals surface area (Å²) in [6.45, 7) is 10.1. The maximum atomic E-state index is 3.58. The van der Waals surface area contributed by atoms with Gasteiger partial charge in [-0.3, -0.25) is 0 Å². The zero-order chi connectivity index (χ0) is 12.0. The minimum absolute atomic E-state index is 0.465. The molecule has 1 aromatic rings. The molecule has 0 aromatic heterocycles. The highest BCUT2D eigenvalue weighted by atomic mass is 14.9. The third-order valence-electron chi connectivity index (χ3n) is 2.95. The lowest BCUT2D eigenvalue weighted by Gasteiger charge is -2.15. The monoisotopic (exact) mass is 219 g/mol. The summed E-state index contributed by atoms with van der Waals surface area (Å²) in [5.41, 5.74) is 2.73. The largest absolute Gasteiger partial charge is 0.310 e. The van der Waals surface area contributed by atoms with Gasteiger partial charge in [0, 0.05) is 6.04 Å². The van der Waals surface area contributed by atoms with Gasteiger partial charge in [-0.05, 0) is 44.7 Å². The minimum atomic E-state index is 0.465. The third-order valence-corrected chi connectivity index (χ3v) is 2.95. The van der Waals surface area contributed by atoms with E-state index in [9.17, 15) is 0 Å². The average Bonchev–Trinajstić information content (AvgIpc) is 2.24. The Morgan fingerprint density at radius 3 is 2.56 bits per heavy atom. The van der Waals surface area contributed by atoms with Crippen molar-refractivity contribution in [2.45, 2.75) is 46.6 Å². The predicted octanol–water partition coefficient (Wildman–Crippen LogP) is 4.08. The lowest BCUT2D eigenvalue weighted by Crippen LogP contribution is -2.20. The molecule has 1 N–H and O–H groups in total. The van der Waals surface area contributed by atoms with E-state index >= 15 is 0 Å². The fraction of sp³-hybridized carbons (Fsp3) is 0.600. The van der Waals surface area contributed by atoms with Crippen LogP contribution < -0.4 is 5.32 Å². The smallest absolute Gasteiger partial charge is 0.0291 e. The van der Waals surface area contributed by atoms with Gasteiger partial charge < -0.3 is 5.32 Å². The minimum Gasteiger partial charge on any atom is -0.310 e. The Morgan fingerprint density at radius 2 is 1.94 bits per heavy atom. The van der Waals surface area contributed by atoms with Crippen LogP contribution in [0.5, 0.6) is 0 Å².